The van der Waals surface area contributed by atoms with Gasteiger partial charge in [0.15, 0.2) is 5.89 Å². The van der Waals surface area contributed by atoms with Crippen LogP contribution in [-0.4, -0.2) is 15.9 Å². The van der Waals surface area contributed by atoms with Gasteiger partial charge in [0, 0.05) is 11.3 Å². The summed E-state index contributed by atoms with van der Waals surface area (Å²) < 4.78 is 19.1. The Hall–Kier alpha value is -3.22. The molecule has 156 valence electrons. The topological polar surface area (TPSA) is 88.0 Å². The van der Waals surface area contributed by atoms with Crippen molar-refractivity contribution in [1.29, 1.82) is 0 Å². The fraction of sp³-hybridized carbons (Fsp3) is 0.348. The number of aryl methyl sites for hydroxylation is 1. The second kappa shape index (κ2) is 8.26. The maximum absolute atomic E-state index is 13.8. The highest BCUT2D eigenvalue weighted by Gasteiger charge is 2.31. The smallest absolute Gasteiger partial charge is 0.253 e. The van der Waals surface area contributed by atoms with Crippen molar-refractivity contribution in [3.05, 3.63) is 86.7 Å². The van der Waals surface area contributed by atoms with E-state index in [1.807, 2.05) is 6.07 Å². The number of oxazole rings is 1. The fourth-order valence-corrected chi connectivity index (χ4v) is 4.12. The minimum Gasteiger partial charge on any atom is -0.449 e. The number of rotatable bonds is 6. The molecule has 2 N–H and O–H groups in total. The molecule has 0 radical (unpaired) electrons. The summed E-state index contributed by atoms with van der Waals surface area (Å²) in [6.07, 6.45) is 6.24. The Bertz CT molecular complexity index is 1120. The number of benzene rings is 1. The van der Waals surface area contributed by atoms with E-state index in [0.29, 0.717) is 28.3 Å². The predicted molar refractivity (Wildman–Crippen MR) is 110 cm³/mol. The highest BCUT2D eigenvalue weighted by Crippen LogP contribution is 2.38. The van der Waals surface area contributed by atoms with Gasteiger partial charge >= 0.3 is 0 Å². The number of nitrogens with zero attached hydrogens (tertiary/aromatic N) is 1. The molecule has 1 fully saturated rings. The molecule has 0 spiro atoms. The quantitative estimate of drug-likeness (QED) is 0.645. The van der Waals surface area contributed by atoms with Crippen LogP contribution in [0.15, 0.2) is 45.9 Å². The third-order valence-corrected chi connectivity index (χ3v) is 5.93. The highest BCUT2D eigenvalue weighted by molar-refractivity contribution is 5.97. The van der Waals surface area contributed by atoms with Gasteiger partial charge in [-0.05, 0) is 55.9 Å². The van der Waals surface area contributed by atoms with Gasteiger partial charge in [0.2, 0.25) is 0 Å². The lowest BCUT2D eigenvalue weighted by Gasteiger charge is -2.35. The van der Waals surface area contributed by atoms with Crippen LogP contribution < -0.4 is 10.9 Å². The van der Waals surface area contributed by atoms with E-state index in [1.165, 1.54) is 24.6 Å². The van der Waals surface area contributed by atoms with Gasteiger partial charge in [-0.15, -0.1) is 0 Å². The second-order valence-corrected chi connectivity index (χ2v) is 7.86. The van der Waals surface area contributed by atoms with E-state index < -0.39 is 0 Å². The number of carbonyl (C=O) groups excluding carboxylic acids is 1. The molecule has 7 heteroatoms. The van der Waals surface area contributed by atoms with Crippen LogP contribution in [0.4, 0.5) is 4.39 Å². The molecular weight excluding hydrogens is 385 g/mol. The normalized spacial score (nSPS) is 14.9. The molecule has 2 heterocycles. The van der Waals surface area contributed by atoms with Crippen molar-refractivity contribution in [3.8, 4) is 0 Å². The fourth-order valence-electron chi connectivity index (χ4n) is 4.12. The summed E-state index contributed by atoms with van der Waals surface area (Å²) in [5.74, 6) is 0.0728. The average Bonchev–Trinajstić information content (AvgIpc) is 3.16. The number of carbonyl (C=O) groups is 1. The van der Waals surface area contributed by atoms with Crippen molar-refractivity contribution >= 4 is 5.91 Å². The van der Waals surface area contributed by atoms with Gasteiger partial charge in [-0.2, -0.15) is 0 Å². The van der Waals surface area contributed by atoms with Gasteiger partial charge in [0.25, 0.3) is 11.5 Å². The van der Waals surface area contributed by atoms with Gasteiger partial charge in [-0.1, -0.05) is 18.6 Å². The Balaban J connectivity index is 1.67. The lowest BCUT2D eigenvalue weighted by atomic mass is 9.77. The lowest BCUT2D eigenvalue weighted by molar-refractivity contribution is 0.0898. The van der Waals surface area contributed by atoms with Crippen LogP contribution in [0.1, 0.15) is 63.9 Å². The number of pyridine rings is 1. The molecule has 1 amide bonds. The number of hydrogen-bond donors (Lipinski definition) is 2. The molecular formula is C23H24FN3O3. The van der Waals surface area contributed by atoms with E-state index >= 15 is 0 Å². The van der Waals surface area contributed by atoms with Crippen LogP contribution in [0.3, 0.4) is 0 Å². The molecule has 1 saturated carbocycles. The third-order valence-electron chi connectivity index (χ3n) is 5.93. The predicted octanol–water partition coefficient (Wildman–Crippen LogP) is 3.98. The van der Waals surface area contributed by atoms with Gasteiger partial charge < -0.3 is 14.7 Å². The van der Waals surface area contributed by atoms with Crippen molar-refractivity contribution in [1.82, 2.24) is 15.3 Å². The zero-order chi connectivity index (χ0) is 21.3. The molecule has 0 saturated heterocycles. The van der Waals surface area contributed by atoms with Gasteiger partial charge in [-0.25, -0.2) is 9.37 Å². The number of hydrogen-bond acceptors (Lipinski definition) is 4. The van der Waals surface area contributed by atoms with E-state index in [9.17, 15) is 14.0 Å². The molecule has 1 aromatic carbocycles. The van der Waals surface area contributed by atoms with Crippen LogP contribution in [0.2, 0.25) is 0 Å². The van der Waals surface area contributed by atoms with E-state index in [4.69, 9.17) is 4.42 Å². The molecule has 30 heavy (non-hydrogen) atoms. The number of aromatic amines is 1. The molecule has 6 nitrogen and oxygen atoms in total. The van der Waals surface area contributed by atoms with E-state index in [-0.39, 0.29) is 35.7 Å². The first-order valence-corrected chi connectivity index (χ1v) is 10.1. The Labute approximate surface area is 173 Å². The van der Waals surface area contributed by atoms with E-state index in [0.717, 1.165) is 24.8 Å². The summed E-state index contributed by atoms with van der Waals surface area (Å²) in [5.41, 5.74) is 2.46. The van der Waals surface area contributed by atoms with Crippen molar-refractivity contribution < 1.29 is 13.6 Å². The summed E-state index contributed by atoms with van der Waals surface area (Å²) in [6, 6.07) is 6.10. The zero-order valence-electron chi connectivity index (χ0n) is 17.0. The Kier molecular flexibility index (Phi) is 5.53. The minimum atomic E-state index is -0.323. The van der Waals surface area contributed by atoms with Crippen LogP contribution in [0.25, 0.3) is 0 Å². The van der Waals surface area contributed by atoms with Crippen LogP contribution in [0, 0.1) is 25.6 Å². The molecule has 1 aliphatic rings. The first-order valence-electron chi connectivity index (χ1n) is 10.1. The maximum atomic E-state index is 13.8. The summed E-state index contributed by atoms with van der Waals surface area (Å²) in [4.78, 5) is 32.7. The summed E-state index contributed by atoms with van der Waals surface area (Å²) in [5, 5.41) is 3.10. The number of aromatic nitrogens is 2. The van der Waals surface area contributed by atoms with Crippen LogP contribution >= 0.6 is 0 Å². The molecule has 0 unspecified atom stereocenters. The van der Waals surface area contributed by atoms with Gasteiger partial charge in [-0.3, -0.25) is 9.59 Å². The van der Waals surface area contributed by atoms with E-state index in [2.05, 4.69) is 15.3 Å². The first-order chi connectivity index (χ1) is 14.4. The maximum Gasteiger partial charge on any atom is 0.253 e. The zero-order valence-corrected chi connectivity index (χ0v) is 17.0. The molecule has 0 aliphatic heterocycles. The number of nitrogens with one attached hydrogen (secondary N) is 2. The number of amides is 1. The third kappa shape index (κ3) is 3.92. The van der Waals surface area contributed by atoms with Gasteiger partial charge in [0.1, 0.15) is 12.1 Å². The van der Waals surface area contributed by atoms with Gasteiger partial charge in [0.05, 0.1) is 24.2 Å². The molecule has 4 rings (SSSR count). The summed E-state index contributed by atoms with van der Waals surface area (Å²) in [7, 11) is 0. The monoisotopic (exact) mass is 409 g/mol. The summed E-state index contributed by atoms with van der Waals surface area (Å²) >= 11 is 0. The Morgan fingerprint density at radius 3 is 2.80 bits per heavy atom. The standard InChI is InChI=1S/C23H24FN3O3/c1-13-18(12-19-25-9-10-30-19)22(28)26-14(2)20(13)23(29)27-21(15-5-3-6-15)16-7-4-8-17(24)11-16/h4,7-11,15,21H,3,5-6,12H2,1-2H3,(H,26,28)(H,27,29)/t21-/m0/s1. The second-order valence-electron chi connectivity index (χ2n) is 7.86. The van der Waals surface area contributed by atoms with Crippen molar-refractivity contribution in [2.75, 3.05) is 0 Å². The Morgan fingerprint density at radius 1 is 1.37 bits per heavy atom. The molecule has 0 bridgehead atoms. The van der Waals surface area contributed by atoms with Crippen LogP contribution in [-0.2, 0) is 6.42 Å². The molecule has 1 atom stereocenters. The largest absolute Gasteiger partial charge is 0.449 e. The lowest BCUT2D eigenvalue weighted by Crippen LogP contribution is -2.37. The molecule has 3 aromatic rings. The SMILES string of the molecule is Cc1[nH]c(=O)c(Cc2ncco2)c(C)c1C(=O)N[C@H](c1cccc(F)c1)C1CCC1. The van der Waals surface area contributed by atoms with Crippen molar-refractivity contribution in [2.45, 2.75) is 45.6 Å². The van der Waals surface area contributed by atoms with Crippen molar-refractivity contribution in [2.24, 2.45) is 5.92 Å². The van der Waals surface area contributed by atoms with E-state index in [1.54, 1.807) is 19.9 Å². The minimum absolute atomic E-state index is 0.199. The summed E-state index contributed by atoms with van der Waals surface area (Å²) in [6.45, 7) is 3.47. The Morgan fingerprint density at radius 2 is 2.17 bits per heavy atom. The molecule has 1 aliphatic carbocycles. The van der Waals surface area contributed by atoms with Crippen molar-refractivity contribution in [3.63, 3.8) is 0 Å². The highest BCUT2D eigenvalue weighted by atomic mass is 19.1. The average molecular weight is 409 g/mol. The first kappa shape index (κ1) is 20.1. The molecule has 2 aromatic heterocycles. The number of H-pyrrole nitrogens is 1. The number of halogens is 1. The van der Waals surface area contributed by atoms with Crippen LogP contribution in [0.5, 0.6) is 0 Å².